The third-order valence-corrected chi connectivity index (χ3v) is 2.53. The molecule has 0 aliphatic heterocycles. The Hall–Kier alpha value is -2.04. The molecule has 0 saturated heterocycles. The number of aryl methyl sites for hydroxylation is 1. The van der Waals surface area contributed by atoms with E-state index in [0.29, 0.717) is 17.3 Å². The molecule has 2 heterocycles. The summed E-state index contributed by atoms with van der Waals surface area (Å²) < 4.78 is 0. The van der Waals surface area contributed by atoms with Gasteiger partial charge in [0.05, 0.1) is 5.69 Å². The molecule has 0 amide bonds. The Balaban J connectivity index is 2.59. The molecule has 0 atom stereocenters. The van der Waals surface area contributed by atoms with E-state index in [0.717, 1.165) is 5.69 Å². The highest BCUT2D eigenvalue weighted by Crippen LogP contribution is 2.20. The maximum atomic E-state index is 11.7. The summed E-state index contributed by atoms with van der Waals surface area (Å²) in [7, 11) is 0. The second-order valence-electron chi connectivity index (χ2n) is 5.22. The smallest absolute Gasteiger partial charge is 0.251 e. The summed E-state index contributed by atoms with van der Waals surface area (Å²) in [6.07, 6.45) is 1.65. The van der Waals surface area contributed by atoms with Crippen molar-refractivity contribution >= 4 is 0 Å². The van der Waals surface area contributed by atoms with Crippen LogP contribution < -0.4 is 5.56 Å². The van der Waals surface area contributed by atoms with E-state index in [4.69, 9.17) is 0 Å². The van der Waals surface area contributed by atoms with Crippen LogP contribution >= 0.6 is 0 Å². The Morgan fingerprint density at radius 1 is 1.22 bits per heavy atom. The Morgan fingerprint density at radius 3 is 2.56 bits per heavy atom. The van der Waals surface area contributed by atoms with E-state index in [1.54, 1.807) is 19.2 Å². The zero-order valence-electron chi connectivity index (χ0n) is 11.0. The van der Waals surface area contributed by atoms with Gasteiger partial charge in [0.25, 0.3) is 5.56 Å². The molecule has 2 rings (SSSR count). The summed E-state index contributed by atoms with van der Waals surface area (Å²) in [5, 5.41) is 0. The van der Waals surface area contributed by atoms with Crippen LogP contribution in [0.4, 0.5) is 0 Å². The van der Waals surface area contributed by atoms with Crippen LogP contribution in [0.1, 0.15) is 32.3 Å². The van der Waals surface area contributed by atoms with Crippen molar-refractivity contribution in [1.29, 1.82) is 0 Å². The summed E-state index contributed by atoms with van der Waals surface area (Å²) in [6, 6.07) is 3.26. The zero-order valence-corrected chi connectivity index (χ0v) is 11.0. The molecule has 18 heavy (non-hydrogen) atoms. The predicted octanol–water partition coefficient (Wildman–Crippen LogP) is 1.83. The van der Waals surface area contributed by atoms with Gasteiger partial charge in [-0.2, -0.15) is 0 Å². The van der Waals surface area contributed by atoms with Crippen LogP contribution in [0.2, 0.25) is 0 Å². The summed E-state index contributed by atoms with van der Waals surface area (Å²) in [6.45, 7) is 7.85. The first-order valence-corrected chi connectivity index (χ1v) is 5.78. The molecule has 0 spiro atoms. The van der Waals surface area contributed by atoms with Gasteiger partial charge < -0.3 is 4.98 Å². The lowest BCUT2D eigenvalue weighted by atomic mass is 9.92. The highest BCUT2D eigenvalue weighted by molar-refractivity contribution is 5.48. The molecule has 1 N–H and O–H groups in total. The molecule has 5 nitrogen and oxygen atoms in total. The van der Waals surface area contributed by atoms with Gasteiger partial charge in [-0.3, -0.25) is 4.79 Å². The van der Waals surface area contributed by atoms with Crippen LogP contribution in [0, 0.1) is 6.92 Å². The highest BCUT2D eigenvalue weighted by Gasteiger charge is 2.17. The predicted molar refractivity (Wildman–Crippen MR) is 69.3 cm³/mol. The Kier molecular flexibility index (Phi) is 2.98. The van der Waals surface area contributed by atoms with E-state index in [9.17, 15) is 4.79 Å². The van der Waals surface area contributed by atoms with Crippen LogP contribution in [-0.4, -0.2) is 19.9 Å². The minimum atomic E-state index is -0.176. The van der Waals surface area contributed by atoms with Crippen molar-refractivity contribution in [2.45, 2.75) is 33.1 Å². The number of aromatic amines is 1. The SMILES string of the molecule is Cc1nccc(-c2nc(C(C)(C)C)cc(=O)[nH]2)n1. The van der Waals surface area contributed by atoms with Gasteiger partial charge >= 0.3 is 0 Å². The minimum Gasteiger partial charge on any atom is -0.305 e. The average Bonchev–Trinajstić information content (AvgIpc) is 2.27. The summed E-state index contributed by atoms with van der Waals surface area (Å²) >= 11 is 0. The van der Waals surface area contributed by atoms with E-state index >= 15 is 0 Å². The van der Waals surface area contributed by atoms with Crippen molar-refractivity contribution in [2.75, 3.05) is 0 Å². The molecule has 0 aliphatic carbocycles. The molecule has 0 saturated carbocycles. The molecule has 0 aromatic carbocycles. The second kappa shape index (κ2) is 4.33. The zero-order chi connectivity index (χ0) is 13.3. The quantitative estimate of drug-likeness (QED) is 0.830. The molecule has 94 valence electrons. The Bertz CT molecular complexity index is 625. The van der Waals surface area contributed by atoms with Crippen LogP contribution in [0.5, 0.6) is 0 Å². The number of H-pyrrole nitrogens is 1. The minimum absolute atomic E-state index is 0.166. The van der Waals surface area contributed by atoms with Crippen molar-refractivity contribution in [3.8, 4) is 11.5 Å². The molecular weight excluding hydrogens is 228 g/mol. The summed E-state index contributed by atoms with van der Waals surface area (Å²) in [5.41, 5.74) is 1.04. The van der Waals surface area contributed by atoms with Gasteiger partial charge in [-0.25, -0.2) is 15.0 Å². The van der Waals surface area contributed by atoms with E-state index < -0.39 is 0 Å². The first kappa shape index (κ1) is 12.4. The standard InChI is InChI=1S/C13H16N4O/c1-8-14-6-5-9(15-8)12-16-10(13(2,3)4)7-11(18)17-12/h5-7H,1-4H3,(H,16,17,18). The molecule has 2 aromatic rings. The van der Waals surface area contributed by atoms with E-state index in [-0.39, 0.29) is 11.0 Å². The van der Waals surface area contributed by atoms with Crippen molar-refractivity contribution < 1.29 is 0 Å². The lowest BCUT2D eigenvalue weighted by molar-refractivity contribution is 0.566. The van der Waals surface area contributed by atoms with Gasteiger partial charge in [-0.05, 0) is 13.0 Å². The first-order chi connectivity index (χ1) is 8.36. The van der Waals surface area contributed by atoms with Crippen molar-refractivity contribution in [3.63, 3.8) is 0 Å². The van der Waals surface area contributed by atoms with Gasteiger partial charge in [-0.1, -0.05) is 20.8 Å². The van der Waals surface area contributed by atoms with E-state index in [2.05, 4.69) is 19.9 Å². The normalized spacial score (nSPS) is 11.6. The van der Waals surface area contributed by atoms with Crippen molar-refractivity contribution in [2.24, 2.45) is 0 Å². The third kappa shape index (κ3) is 2.61. The summed E-state index contributed by atoms with van der Waals surface area (Å²) in [4.78, 5) is 27.1. The second-order valence-corrected chi connectivity index (χ2v) is 5.22. The van der Waals surface area contributed by atoms with Gasteiger partial charge in [-0.15, -0.1) is 0 Å². The number of rotatable bonds is 1. The molecule has 0 fully saturated rings. The van der Waals surface area contributed by atoms with Crippen LogP contribution in [0.25, 0.3) is 11.5 Å². The lowest BCUT2D eigenvalue weighted by Crippen LogP contribution is -2.20. The largest absolute Gasteiger partial charge is 0.305 e. The number of aromatic nitrogens is 4. The van der Waals surface area contributed by atoms with Crippen LogP contribution in [-0.2, 0) is 5.41 Å². The van der Waals surface area contributed by atoms with Crippen molar-refractivity contribution in [1.82, 2.24) is 19.9 Å². The van der Waals surface area contributed by atoms with Gasteiger partial charge in [0, 0.05) is 17.7 Å². The van der Waals surface area contributed by atoms with Crippen LogP contribution in [0.3, 0.4) is 0 Å². The maximum Gasteiger partial charge on any atom is 0.251 e. The average molecular weight is 244 g/mol. The fraction of sp³-hybridized carbons (Fsp3) is 0.385. The molecule has 0 bridgehead atoms. The molecule has 5 heteroatoms. The fourth-order valence-corrected chi connectivity index (χ4v) is 1.55. The lowest BCUT2D eigenvalue weighted by Gasteiger charge is -2.17. The van der Waals surface area contributed by atoms with Gasteiger partial charge in [0.2, 0.25) is 0 Å². The monoisotopic (exact) mass is 244 g/mol. The highest BCUT2D eigenvalue weighted by atomic mass is 16.1. The number of hydrogen-bond acceptors (Lipinski definition) is 4. The Labute approximate surface area is 105 Å². The Morgan fingerprint density at radius 2 is 1.94 bits per heavy atom. The number of hydrogen-bond donors (Lipinski definition) is 1. The summed E-state index contributed by atoms with van der Waals surface area (Å²) in [5.74, 6) is 1.13. The molecule has 0 unspecified atom stereocenters. The molecular formula is C13H16N4O. The first-order valence-electron chi connectivity index (χ1n) is 5.78. The number of nitrogens with zero attached hydrogens (tertiary/aromatic N) is 3. The number of nitrogens with one attached hydrogen (secondary N) is 1. The van der Waals surface area contributed by atoms with E-state index in [1.807, 2.05) is 20.8 Å². The molecule has 0 aliphatic rings. The van der Waals surface area contributed by atoms with Crippen molar-refractivity contribution in [3.05, 3.63) is 40.2 Å². The molecule has 0 radical (unpaired) electrons. The maximum absolute atomic E-state index is 11.7. The fourth-order valence-electron chi connectivity index (χ4n) is 1.55. The third-order valence-electron chi connectivity index (χ3n) is 2.53. The van der Waals surface area contributed by atoms with Crippen LogP contribution in [0.15, 0.2) is 23.1 Å². The van der Waals surface area contributed by atoms with Gasteiger partial charge in [0.1, 0.15) is 11.5 Å². The van der Waals surface area contributed by atoms with E-state index in [1.165, 1.54) is 6.07 Å². The molecule has 2 aromatic heterocycles. The topological polar surface area (TPSA) is 71.5 Å². The van der Waals surface area contributed by atoms with Gasteiger partial charge in [0.15, 0.2) is 5.82 Å².